The number of halogens is 1. The van der Waals surface area contributed by atoms with Crippen LogP contribution in [-0.4, -0.2) is 17.5 Å². The molecule has 0 heterocycles. The molecule has 0 saturated heterocycles. The smallest absolute Gasteiger partial charge is 0.324 e. The standard InChI is InChI=1S/C8H15ClO2/c1-5(2)7(9)8(10)11-6(3)4/h5-7H,1-4H3/t7-/m0/s1. The van der Waals surface area contributed by atoms with Crippen LogP contribution in [0, 0.1) is 5.92 Å². The molecule has 0 rings (SSSR count). The third-order valence-corrected chi connectivity index (χ3v) is 1.84. The molecule has 0 N–H and O–H groups in total. The molecular formula is C8H15ClO2. The highest BCUT2D eigenvalue weighted by Crippen LogP contribution is 2.11. The molecule has 0 aliphatic heterocycles. The predicted octanol–water partition coefficient (Wildman–Crippen LogP) is 2.20. The molecular weight excluding hydrogens is 164 g/mol. The first-order valence-electron chi connectivity index (χ1n) is 3.79. The van der Waals surface area contributed by atoms with Gasteiger partial charge in [0.05, 0.1) is 6.10 Å². The minimum Gasteiger partial charge on any atom is -0.462 e. The van der Waals surface area contributed by atoms with Crippen molar-refractivity contribution in [3.63, 3.8) is 0 Å². The molecule has 0 radical (unpaired) electrons. The molecule has 0 aromatic heterocycles. The molecule has 0 unspecified atom stereocenters. The van der Waals surface area contributed by atoms with Gasteiger partial charge in [-0.15, -0.1) is 11.6 Å². The van der Waals surface area contributed by atoms with Gasteiger partial charge in [0.25, 0.3) is 0 Å². The molecule has 0 spiro atoms. The van der Waals surface area contributed by atoms with Crippen LogP contribution in [0.1, 0.15) is 27.7 Å². The third kappa shape index (κ3) is 4.25. The van der Waals surface area contributed by atoms with E-state index in [1.54, 1.807) is 0 Å². The maximum Gasteiger partial charge on any atom is 0.324 e. The summed E-state index contributed by atoms with van der Waals surface area (Å²) in [6.45, 7) is 7.39. The minimum atomic E-state index is -0.516. The van der Waals surface area contributed by atoms with Gasteiger partial charge in [0.1, 0.15) is 5.38 Å². The van der Waals surface area contributed by atoms with Crippen LogP contribution in [0.2, 0.25) is 0 Å². The fourth-order valence-corrected chi connectivity index (χ4v) is 0.621. The lowest BCUT2D eigenvalue weighted by atomic mass is 10.1. The zero-order valence-corrected chi connectivity index (χ0v) is 8.18. The number of ether oxygens (including phenoxy) is 1. The summed E-state index contributed by atoms with van der Waals surface area (Å²) in [7, 11) is 0. The van der Waals surface area contributed by atoms with Gasteiger partial charge in [0.15, 0.2) is 0 Å². The van der Waals surface area contributed by atoms with Crippen LogP contribution in [-0.2, 0) is 9.53 Å². The molecule has 1 atom stereocenters. The number of rotatable bonds is 3. The molecule has 0 aromatic carbocycles. The zero-order valence-electron chi connectivity index (χ0n) is 7.43. The van der Waals surface area contributed by atoms with Crippen molar-refractivity contribution < 1.29 is 9.53 Å². The van der Waals surface area contributed by atoms with E-state index in [2.05, 4.69) is 0 Å². The Kier molecular flexibility index (Phi) is 4.50. The predicted molar refractivity (Wildman–Crippen MR) is 45.7 cm³/mol. The molecule has 0 bridgehead atoms. The molecule has 0 amide bonds. The normalized spacial score (nSPS) is 13.7. The largest absolute Gasteiger partial charge is 0.462 e. The second-order valence-corrected chi connectivity index (χ2v) is 3.60. The summed E-state index contributed by atoms with van der Waals surface area (Å²) < 4.78 is 4.90. The van der Waals surface area contributed by atoms with Crippen molar-refractivity contribution >= 4 is 17.6 Å². The number of hydrogen-bond donors (Lipinski definition) is 0. The number of esters is 1. The van der Waals surface area contributed by atoms with Gasteiger partial charge in [0.2, 0.25) is 0 Å². The first-order valence-corrected chi connectivity index (χ1v) is 4.23. The Bertz CT molecular complexity index is 132. The fourth-order valence-electron chi connectivity index (χ4n) is 0.569. The lowest BCUT2D eigenvalue weighted by molar-refractivity contribution is -0.147. The molecule has 0 aliphatic rings. The topological polar surface area (TPSA) is 26.3 Å². The van der Waals surface area contributed by atoms with E-state index >= 15 is 0 Å². The third-order valence-electron chi connectivity index (χ3n) is 1.16. The van der Waals surface area contributed by atoms with E-state index < -0.39 is 5.38 Å². The quantitative estimate of drug-likeness (QED) is 0.489. The van der Waals surface area contributed by atoms with E-state index in [-0.39, 0.29) is 18.0 Å². The summed E-state index contributed by atoms with van der Waals surface area (Å²) in [6, 6.07) is 0. The second kappa shape index (κ2) is 4.60. The van der Waals surface area contributed by atoms with Crippen LogP contribution in [0.5, 0.6) is 0 Å². The van der Waals surface area contributed by atoms with Gasteiger partial charge in [-0.3, -0.25) is 4.79 Å². The Morgan fingerprint density at radius 2 is 1.73 bits per heavy atom. The van der Waals surface area contributed by atoms with Crippen LogP contribution >= 0.6 is 11.6 Å². The Morgan fingerprint density at radius 1 is 1.27 bits per heavy atom. The summed E-state index contributed by atoms with van der Waals surface area (Å²) in [6.07, 6.45) is -0.0810. The van der Waals surface area contributed by atoms with Gasteiger partial charge < -0.3 is 4.74 Å². The second-order valence-electron chi connectivity index (χ2n) is 3.13. The molecule has 3 heteroatoms. The van der Waals surface area contributed by atoms with Crippen LogP contribution in [0.15, 0.2) is 0 Å². The lowest BCUT2D eigenvalue weighted by Gasteiger charge is -2.14. The average molecular weight is 179 g/mol. The van der Waals surface area contributed by atoms with E-state index in [1.165, 1.54) is 0 Å². The highest BCUT2D eigenvalue weighted by atomic mass is 35.5. The van der Waals surface area contributed by atoms with Crippen LogP contribution in [0.3, 0.4) is 0 Å². The van der Waals surface area contributed by atoms with Crippen LogP contribution in [0.4, 0.5) is 0 Å². The minimum absolute atomic E-state index is 0.0810. The maximum atomic E-state index is 11.0. The van der Waals surface area contributed by atoms with Crippen LogP contribution < -0.4 is 0 Å². The van der Waals surface area contributed by atoms with E-state index in [0.717, 1.165) is 0 Å². The van der Waals surface area contributed by atoms with Crippen molar-refractivity contribution in [2.24, 2.45) is 5.92 Å². The number of carbonyl (C=O) groups excluding carboxylic acids is 1. The van der Waals surface area contributed by atoms with Crippen molar-refractivity contribution in [2.45, 2.75) is 39.2 Å². The van der Waals surface area contributed by atoms with E-state index in [4.69, 9.17) is 16.3 Å². The molecule has 0 saturated carbocycles. The average Bonchev–Trinajstić information content (AvgIpc) is 1.84. The van der Waals surface area contributed by atoms with Gasteiger partial charge in [-0.1, -0.05) is 13.8 Å². The molecule has 66 valence electrons. The Balaban J connectivity index is 3.83. The van der Waals surface area contributed by atoms with Gasteiger partial charge in [0, 0.05) is 0 Å². The van der Waals surface area contributed by atoms with Crippen molar-refractivity contribution in [3.05, 3.63) is 0 Å². The SMILES string of the molecule is CC(C)OC(=O)[C@@H](Cl)C(C)C. The Labute approximate surface area is 72.9 Å². The van der Waals surface area contributed by atoms with Crippen molar-refractivity contribution in [2.75, 3.05) is 0 Å². The number of hydrogen-bond acceptors (Lipinski definition) is 2. The van der Waals surface area contributed by atoms with E-state index in [0.29, 0.717) is 0 Å². The van der Waals surface area contributed by atoms with Crippen molar-refractivity contribution in [1.82, 2.24) is 0 Å². The van der Waals surface area contributed by atoms with Crippen molar-refractivity contribution in [3.8, 4) is 0 Å². The van der Waals surface area contributed by atoms with Gasteiger partial charge >= 0.3 is 5.97 Å². The molecule has 0 aromatic rings. The Morgan fingerprint density at radius 3 is 2.00 bits per heavy atom. The van der Waals surface area contributed by atoms with E-state index in [9.17, 15) is 4.79 Å². The van der Waals surface area contributed by atoms with E-state index in [1.807, 2.05) is 27.7 Å². The first kappa shape index (κ1) is 10.8. The van der Waals surface area contributed by atoms with Gasteiger partial charge in [-0.05, 0) is 19.8 Å². The zero-order chi connectivity index (χ0) is 9.02. The maximum absolute atomic E-state index is 11.0. The molecule has 0 fully saturated rings. The highest BCUT2D eigenvalue weighted by molar-refractivity contribution is 6.30. The highest BCUT2D eigenvalue weighted by Gasteiger charge is 2.21. The lowest BCUT2D eigenvalue weighted by Crippen LogP contribution is -2.25. The summed E-state index contributed by atoms with van der Waals surface area (Å²) in [5, 5.41) is -0.516. The summed E-state index contributed by atoms with van der Waals surface area (Å²) in [5.41, 5.74) is 0. The number of alkyl halides is 1. The van der Waals surface area contributed by atoms with Gasteiger partial charge in [-0.2, -0.15) is 0 Å². The monoisotopic (exact) mass is 178 g/mol. The van der Waals surface area contributed by atoms with Crippen molar-refractivity contribution in [1.29, 1.82) is 0 Å². The summed E-state index contributed by atoms with van der Waals surface area (Å²) >= 11 is 5.74. The van der Waals surface area contributed by atoms with Crippen LogP contribution in [0.25, 0.3) is 0 Å². The number of carbonyl (C=O) groups is 1. The summed E-state index contributed by atoms with van der Waals surface area (Å²) in [4.78, 5) is 11.0. The molecule has 2 nitrogen and oxygen atoms in total. The molecule has 11 heavy (non-hydrogen) atoms. The fraction of sp³-hybridized carbons (Fsp3) is 0.875. The first-order chi connectivity index (χ1) is 4.95. The Hall–Kier alpha value is -0.240. The summed E-state index contributed by atoms with van der Waals surface area (Å²) in [5.74, 6) is -0.195. The molecule has 0 aliphatic carbocycles. The van der Waals surface area contributed by atoms with Gasteiger partial charge in [-0.25, -0.2) is 0 Å².